The van der Waals surface area contributed by atoms with E-state index in [1.165, 1.54) is 14.2 Å². The summed E-state index contributed by atoms with van der Waals surface area (Å²) in [5.41, 5.74) is 3.55. The topological polar surface area (TPSA) is 87.7 Å². The summed E-state index contributed by atoms with van der Waals surface area (Å²) in [5, 5.41) is 18.3. The molecule has 7 nitrogen and oxygen atoms in total. The van der Waals surface area contributed by atoms with E-state index in [0.717, 1.165) is 23.1 Å². The number of fused-ring (bicyclic) bond motifs is 1. The maximum Gasteiger partial charge on any atom is 0.273 e. The molecule has 3 aromatic rings. The number of halogens is 1. The summed E-state index contributed by atoms with van der Waals surface area (Å²) >= 11 is 6.04. The molecule has 2 heterocycles. The summed E-state index contributed by atoms with van der Waals surface area (Å²) in [5.74, 6) is 0.354. The normalized spacial score (nSPS) is 15.4. The summed E-state index contributed by atoms with van der Waals surface area (Å²) in [6, 6.07) is 10.4. The van der Waals surface area contributed by atoms with Crippen molar-refractivity contribution in [1.29, 1.82) is 0 Å². The molecule has 156 valence electrons. The van der Waals surface area contributed by atoms with Gasteiger partial charge in [-0.1, -0.05) is 30.7 Å². The number of ether oxygens (including phenoxy) is 2. The van der Waals surface area contributed by atoms with Crippen molar-refractivity contribution in [3.8, 4) is 28.5 Å². The number of rotatable bonds is 6. The molecule has 1 amide bonds. The van der Waals surface area contributed by atoms with Gasteiger partial charge in [0.2, 0.25) is 5.75 Å². The molecule has 1 aliphatic heterocycles. The summed E-state index contributed by atoms with van der Waals surface area (Å²) < 4.78 is 10.7. The molecule has 8 heteroatoms. The average molecular weight is 428 g/mol. The number of aromatic hydroxyl groups is 1. The van der Waals surface area contributed by atoms with E-state index < -0.39 is 6.04 Å². The number of hydrogen-bond donors (Lipinski definition) is 2. The number of nitrogens with one attached hydrogen (secondary N) is 1. The number of carbonyl (C=O) groups is 1. The minimum Gasteiger partial charge on any atom is -0.502 e. The fourth-order valence-corrected chi connectivity index (χ4v) is 4.04. The number of methoxy groups -OCH3 is 2. The minimum absolute atomic E-state index is 0.0829. The van der Waals surface area contributed by atoms with Gasteiger partial charge in [0.05, 0.1) is 26.0 Å². The standard InChI is InChI=1S/C22H22ClN3O4/c1-4-9-26-20(13-10-15(29-2)21(27)16(11-13)30-3)17-18(24-25-19(17)22(26)28)12-5-7-14(23)8-6-12/h5-8,10-11,20,27H,4,9H2,1-3H3,(H,24,25). The number of aromatic amines is 1. The van der Waals surface area contributed by atoms with Gasteiger partial charge in [-0.3, -0.25) is 9.89 Å². The van der Waals surface area contributed by atoms with E-state index in [1.807, 2.05) is 19.1 Å². The monoisotopic (exact) mass is 427 g/mol. The Kier molecular flexibility index (Phi) is 5.30. The molecule has 4 rings (SSSR count). The lowest BCUT2D eigenvalue weighted by atomic mass is 9.95. The van der Waals surface area contributed by atoms with Crippen LogP contribution in [0.2, 0.25) is 5.02 Å². The third kappa shape index (κ3) is 3.15. The minimum atomic E-state index is -0.403. The van der Waals surface area contributed by atoms with E-state index in [4.69, 9.17) is 21.1 Å². The number of H-pyrrole nitrogens is 1. The zero-order valence-corrected chi connectivity index (χ0v) is 17.7. The largest absolute Gasteiger partial charge is 0.502 e. The highest BCUT2D eigenvalue weighted by molar-refractivity contribution is 6.30. The van der Waals surface area contributed by atoms with Crippen LogP contribution in [0.5, 0.6) is 17.2 Å². The molecule has 0 spiro atoms. The summed E-state index contributed by atoms with van der Waals surface area (Å²) in [6.45, 7) is 2.59. The second kappa shape index (κ2) is 7.91. The van der Waals surface area contributed by atoms with Gasteiger partial charge < -0.3 is 19.5 Å². The first-order valence-corrected chi connectivity index (χ1v) is 9.98. The maximum atomic E-state index is 13.2. The molecule has 2 aromatic carbocycles. The van der Waals surface area contributed by atoms with E-state index in [1.54, 1.807) is 29.2 Å². The highest BCUT2D eigenvalue weighted by atomic mass is 35.5. The van der Waals surface area contributed by atoms with Gasteiger partial charge in [0.25, 0.3) is 5.91 Å². The van der Waals surface area contributed by atoms with E-state index >= 15 is 0 Å². The van der Waals surface area contributed by atoms with Crippen LogP contribution in [0.4, 0.5) is 0 Å². The molecule has 2 N–H and O–H groups in total. The highest BCUT2D eigenvalue weighted by Gasteiger charge is 2.42. The van der Waals surface area contributed by atoms with Crippen LogP contribution in [0.1, 0.15) is 41.0 Å². The third-order valence-corrected chi connectivity index (χ3v) is 5.52. The summed E-state index contributed by atoms with van der Waals surface area (Å²) in [6.07, 6.45) is 0.794. The molecule has 0 aliphatic carbocycles. The Labute approximate surface area is 179 Å². The van der Waals surface area contributed by atoms with Crippen molar-refractivity contribution >= 4 is 17.5 Å². The SMILES string of the molecule is CCCN1C(=O)c2[nH]nc(-c3ccc(Cl)cc3)c2C1c1cc(OC)c(O)c(OC)c1. The molecule has 0 radical (unpaired) electrons. The van der Waals surface area contributed by atoms with Crippen molar-refractivity contribution < 1.29 is 19.4 Å². The van der Waals surface area contributed by atoms with Gasteiger partial charge in [0.1, 0.15) is 5.69 Å². The van der Waals surface area contributed by atoms with Crippen molar-refractivity contribution in [1.82, 2.24) is 15.1 Å². The van der Waals surface area contributed by atoms with Gasteiger partial charge in [0, 0.05) is 22.7 Å². The Morgan fingerprint density at radius 3 is 2.37 bits per heavy atom. The second-order valence-electron chi connectivity index (χ2n) is 7.04. The van der Waals surface area contributed by atoms with Crippen LogP contribution in [0.3, 0.4) is 0 Å². The number of aromatic nitrogens is 2. The zero-order valence-electron chi connectivity index (χ0n) is 16.9. The molecular weight excluding hydrogens is 406 g/mol. The van der Waals surface area contributed by atoms with Gasteiger partial charge in [-0.2, -0.15) is 5.10 Å². The number of phenolic OH excluding ortho intramolecular Hbond substituents is 1. The lowest BCUT2D eigenvalue weighted by molar-refractivity contribution is 0.0743. The van der Waals surface area contributed by atoms with Crippen LogP contribution in [0, 0.1) is 0 Å². The fraction of sp³-hybridized carbons (Fsp3) is 0.273. The van der Waals surface area contributed by atoms with Crippen molar-refractivity contribution in [2.75, 3.05) is 20.8 Å². The molecular formula is C22H22ClN3O4. The lowest BCUT2D eigenvalue weighted by Gasteiger charge is -2.26. The van der Waals surface area contributed by atoms with E-state index in [0.29, 0.717) is 23.0 Å². The number of benzene rings is 2. The first kappa shape index (κ1) is 20.1. The fourth-order valence-electron chi connectivity index (χ4n) is 3.91. The molecule has 1 aliphatic rings. The Balaban J connectivity index is 1.92. The van der Waals surface area contributed by atoms with E-state index in [2.05, 4.69) is 10.2 Å². The predicted octanol–water partition coefficient (Wildman–Crippen LogP) is 4.41. The van der Waals surface area contributed by atoms with Gasteiger partial charge in [-0.25, -0.2) is 0 Å². The molecule has 0 fully saturated rings. The molecule has 1 atom stereocenters. The molecule has 1 aromatic heterocycles. The average Bonchev–Trinajstić information content (AvgIpc) is 3.29. The first-order chi connectivity index (χ1) is 14.5. The molecule has 0 bridgehead atoms. The van der Waals surface area contributed by atoms with Gasteiger partial charge in [-0.15, -0.1) is 0 Å². The van der Waals surface area contributed by atoms with Crippen molar-refractivity contribution in [2.24, 2.45) is 0 Å². The first-order valence-electron chi connectivity index (χ1n) is 9.60. The predicted molar refractivity (Wildman–Crippen MR) is 113 cm³/mol. The second-order valence-corrected chi connectivity index (χ2v) is 7.48. The quantitative estimate of drug-likeness (QED) is 0.608. The summed E-state index contributed by atoms with van der Waals surface area (Å²) in [7, 11) is 2.95. The number of carbonyl (C=O) groups excluding carboxylic acids is 1. The molecule has 1 unspecified atom stereocenters. The van der Waals surface area contributed by atoms with Crippen molar-refractivity contribution in [3.63, 3.8) is 0 Å². The highest BCUT2D eigenvalue weighted by Crippen LogP contribution is 2.47. The van der Waals surface area contributed by atoms with E-state index in [9.17, 15) is 9.90 Å². The molecule has 0 saturated carbocycles. The smallest absolute Gasteiger partial charge is 0.273 e. The third-order valence-electron chi connectivity index (χ3n) is 5.26. The Bertz CT molecular complexity index is 1070. The van der Waals surface area contributed by atoms with Crippen LogP contribution in [-0.4, -0.2) is 46.9 Å². The van der Waals surface area contributed by atoms with Crippen molar-refractivity contribution in [2.45, 2.75) is 19.4 Å². The zero-order chi connectivity index (χ0) is 21.4. The number of phenols is 1. The van der Waals surface area contributed by atoms with Crippen LogP contribution >= 0.6 is 11.6 Å². The number of hydrogen-bond acceptors (Lipinski definition) is 5. The van der Waals surface area contributed by atoms with Gasteiger partial charge >= 0.3 is 0 Å². The van der Waals surface area contributed by atoms with E-state index in [-0.39, 0.29) is 23.2 Å². The van der Waals surface area contributed by atoms with Crippen LogP contribution in [0.15, 0.2) is 36.4 Å². The Morgan fingerprint density at radius 2 is 1.80 bits per heavy atom. The van der Waals surface area contributed by atoms with Crippen LogP contribution < -0.4 is 9.47 Å². The lowest BCUT2D eigenvalue weighted by Crippen LogP contribution is -2.30. The van der Waals surface area contributed by atoms with Gasteiger partial charge in [0.15, 0.2) is 11.5 Å². The molecule has 0 saturated heterocycles. The van der Waals surface area contributed by atoms with Crippen molar-refractivity contribution in [3.05, 3.63) is 58.2 Å². The Hall–Kier alpha value is -3.19. The number of nitrogens with zero attached hydrogens (tertiary/aromatic N) is 2. The summed E-state index contributed by atoms with van der Waals surface area (Å²) in [4.78, 5) is 15.0. The number of amides is 1. The molecule has 30 heavy (non-hydrogen) atoms. The van der Waals surface area contributed by atoms with Gasteiger partial charge in [-0.05, 0) is 36.2 Å². The Morgan fingerprint density at radius 1 is 1.17 bits per heavy atom. The maximum absolute atomic E-state index is 13.2. The van der Waals surface area contributed by atoms with Crippen LogP contribution in [-0.2, 0) is 0 Å². The van der Waals surface area contributed by atoms with Crippen LogP contribution in [0.25, 0.3) is 11.3 Å².